The Hall–Kier alpha value is -3.55. The molecule has 1 saturated heterocycles. The first-order valence-electron chi connectivity index (χ1n) is 9.72. The lowest BCUT2D eigenvalue weighted by Gasteiger charge is -2.21. The molecule has 0 saturated carbocycles. The van der Waals surface area contributed by atoms with Crippen molar-refractivity contribution in [2.75, 3.05) is 11.4 Å². The van der Waals surface area contributed by atoms with E-state index in [0.29, 0.717) is 5.82 Å². The van der Waals surface area contributed by atoms with Crippen LogP contribution in [-0.4, -0.2) is 33.1 Å². The van der Waals surface area contributed by atoms with E-state index in [9.17, 15) is 14.0 Å². The van der Waals surface area contributed by atoms with E-state index in [1.54, 1.807) is 18.2 Å². The van der Waals surface area contributed by atoms with E-state index in [1.807, 2.05) is 48.9 Å². The largest absolute Gasteiger partial charge is 0.342 e. The molecule has 4 rings (SSSR count). The fraction of sp³-hybridized carbons (Fsp3) is 0.273. The molecule has 1 N–H and O–H groups in total. The summed E-state index contributed by atoms with van der Waals surface area (Å²) in [7, 11) is 1.84. The SMILES string of the molecule is Cc1nnc([C@@H](NC(=O)[C@@H]2CC(=O)N(c3ccccc3F)C2)c2ccccc2)n1C. The second kappa shape index (κ2) is 8.06. The Labute approximate surface area is 173 Å². The number of halogens is 1. The average Bonchev–Trinajstić information content (AvgIpc) is 3.30. The fourth-order valence-electron chi connectivity index (χ4n) is 3.66. The molecule has 1 aliphatic heterocycles. The van der Waals surface area contributed by atoms with Gasteiger partial charge in [-0.3, -0.25) is 9.59 Å². The number of amides is 2. The van der Waals surface area contributed by atoms with Crippen LogP contribution >= 0.6 is 0 Å². The summed E-state index contributed by atoms with van der Waals surface area (Å²) in [5.41, 5.74) is 1.05. The first-order chi connectivity index (χ1) is 14.5. The summed E-state index contributed by atoms with van der Waals surface area (Å²) in [6.07, 6.45) is 0.0273. The normalized spacial score (nSPS) is 17.2. The molecule has 30 heavy (non-hydrogen) atoms. The van der Waals surface area contributed by atoms with Crippen molar-refractivity contribution < 1.29 is 14.0 Å². The second-order valence-corrected chi connectivity index (χ2v) is 7.37. The zero-order valence-electron chi connectivity index (χ0n) is 16.7. The Morgan fingerprint density at radius 2 is 1.83 bits per heavy atom. The number of benzene rings is 2. The van der Waals surface area contributed by atoms with E-state index in [1.165, 1.54) is 11.0 Å². The van der Waals surface area contributed by atoms with E-state index in [-0.39, 0.29) is 30.5 Å². The summed E-state index contributed by atoms with van der Waals surface area (Å²) in [5.74, 6) is -0.298. The van der Waals surface area contributed by atoms with E-state index in [2.05, 4.69) is 15.5 Å². The van der Waals surface area contributed by atoms with Gasteiger partial charge in [-0.1, -0.05) is 42.5 Å². The number of rotatable bonds is 5. The first-order valence-corrected chi connectivity index (χ1v) is 9.72. The number of hydrogen-bond acceptors (Lipinski definition) is 4. The van der Waals surface area contributed by atoms with E-state index < -0.39 is 17.8 Å². The number of nitrogens with zero attached hydrogens (tertiary/aromatic N) is 4. The fourth-order valence-corrected chi connectivity index (χ4v) is 3.66. The quantitative estimate of drug-likeness (QED) is 0.705. The molecular formula is C22H22FN5O2. The lowest BCUT2D eigenvalue weighted by Crippen LogP contribution is -2.37. The van der Waals surface area contributed by atoms with Crippen molar-refractivity contribution in [3.8, 4) is 0 Å². The number of para-hydroxylation sites is 1. The maximum Gasteiger partial charge on any atom is 0.227 e. The van der Waals surface area contributed by atoms with E-state index in [0.717, 1.165) is 11.4 Å². The van der Waals surface area contributed by atoms with Crippen molar-refractivity contribution in [2.24, 2.45) is 13.0 Å². The van der Waals surface area contributed by atoms with Gasteiger partial charge in [0.2, 0.25) is 11.8 Å². The number of anilines is 1. The summed E-state index contributed by atoms with van der Waals surface area (Å²) in [6.45, 7) is 1.97. The Morgan fingerprint density at radius 1 is 1.13 bits per heavy atom. The number of carbonyl (C=O) groups excluding carboxylic acids is 2. The number of nitrogens with one attached hydrogen (secondary N) is 1. The topological polar surface area (TPSA) is 80.1 Å². The first kappa shape index (κ1) is 19.8. The lowest BCUT2D eigenvalue weighted by atomic mass is 10.0. The Bertz CT molecular complexity index is 1080. The van der Waals surface area contributed by atoms with Crippen molar-refractivity contribution in [3.05, 3.63) is 77.6 Å². The van der Waals surface area contributed by atoms with Crippen molar-refractivity contribution in [1.29, 1.82) is 0 Å². The van der Waals surface area contributed by atoms with Crippen molar-refractivity contribution in [2.45, 2.75) is 19.4 Å². The summed E-state index contributed by atoms with van der Waals surface area (Å²) in [4.78, 5) is 26.9. The number of hydrogen-bond donors (Lipinski definition) is 1. The molecule has 1 aliphatic rings. The van der Waals surface area contributed by atoms with Gasteiger partial charge in [0.15, 0.2) is 5.82 Å². The minimum absolute atomic E-state index is 0.0273. The molecule has 1 aromatic heterocycles. The summed E-state index contributed by atoms with van der Waals surface area (Å²) >= 11 is 0. The van der Waals surface area contributed by atoms with Crippen LogP contribution in [0.3, 0.4) is 0 Å². The van der Waals surface area contributed by atoms with Gasteiger partial charge in [-0.05, 0) is 24.6 Å². The van der Waals surface area contributed by atoms with Gasteiger partial charge in [-0.15, -0.1) is 10.2 Å². The van der Waals surface area contributed by atoms with E-state index >= 15 is 0 Å². The monoisotopic (exact) mass is 407 g/mol. The van der Waals surface area contributed by atoms with E-state index in [4.69, 9.17) is 0 Å². The van der Waals surface area contributed by atoms with Crippen LogP contribution in [0.15, 0.2) is 54.6 Å². The van der Waals surface area contributed by atoms with Crippen LogP contribution in [0.5, 0.6) is 0 Å². The average molecular weight is 407 g/mol. The Kier molecular flexibility index (Phi) is 5.31. The highest BCUT2D eigenvalue weighted by atomic mass is 19.1. The number of carbonyl (C=O) groups is 2. The summed E-state index contributed by atoms with van der Waals surface area (Å²) < 4.78 is 16.0. The molecule has 3 aromatic rings. The van der Waals surface area contributed by atoms with Gasteiger partial charge in [0.1, 0.15) is 17.7 Å². The second-order valence-electron chi connectivity index (χ2n) is 7.37. The van der Waals surface area contributed by atoms with Crippen LogP contribution in [-0.2, 0) is 16.6 Å². The Balaban J connectivity index is 1.57. The smallest absolute Gasteiger partial charge is 0.227 e. The van der Waals surface area contributed by atoms with Gasteiger partial charge in [-0.25, -0.2) is 4.39 Å². The van der Waals surface area contributed by atoms with Crippen molar-refractivity contribution >= 4 is 17.5 Å². The molecular weight excluding hydrogens is 385 g/mol. The third-order valence-electron chi connectivity index (χ3n) is 5.44. The molecule has 0 unspecified atom stereocenters. The standard InChI is InChI=1S/C22H22FN5O2/c1-14-25-26-21(27(14)2)20(15-8-4-3-5-9-15)24-22(30)16-12-19(29)28(13-16)18-11-7-6-10-17(18)23/h3-11,16,20H,12-13H2,1-2H3,(H,24,30)/t16-,20+/m1/s1. The van der Waals surface area contributed by atoms with Crippen LogP contribution in [0.1, 0.15) is 29.7 Å². The maximum atomic E-state index is 14.1. The molecule has 0 aliphatic carbocycles. The molecule has 0 spiro atoms. The third kappa shape index (κ3) is 3.68. The van der Waals surface area contributed by atoms with Gasteiger partial charge in [0.25, 0.3) is 0 Å². The van der Waals surface area contributed by atoms with Crippen LogP contribution in [0.4, 0.5) is 10.1 Å². The zero-order chi connectivity index (χ0) is 21.3. The maximum absolute atomic E-state index is 14.1. The summed E-state index contributed by atoms with van der Waals surface area (Å²) in [6, 6.07) is 15.0. The molecule has 154 valence electrons. The van der Waals surface area contributed by atoms with Crippen molar-refractivity contribution in [3.63, 3.8) is 0 Å². The molecule has 2 aromatic carbocycles. The molecule has 2 amide bonds. The Morgan fingerprint density at radius 3 is 2.50 bits per heavy atom. The predicted molar refractivity (Wildman–Crippen MR) is 109 cm³/mol. The molecule has 0 radical (unpaired) electrons. The van der Waals surface area contributed by atoms with Crippen LogP contribution in [0, 0.1) is 18.7 Å². The molecule has 8 heteroatoms. The van der Waals surface area contributed by atoms with Crippen LogP contribution in [0.2, 0.25) is 0 Å². The van der Waals surface area contributed by atoms with Gasteiger partial charge < -0.3 is 14.8 Å². The summed E-state index contributed by atoms with van der Waals surface area (Å²) in [5, 5.41) is 11.3. The molecule has 7 nitrogen and oxygen atoms in total. The van der Waals surface area contributed by atoms with Crippen LogP contribution in [0.25, 0.3) is 0 Å². The molecule has 2 heterocycles. The molecule has 2 atom stereocenters. The van der Waals surface area contributed by atoms with Gasteiger partial charge in [0.05, 0.1) is 11.6 Å². The van der Waals surface area contributed by atoms with Gasteiger partial charge in [0, 0.05) is 20.0 Å². The predicted octanol–water partition coefficient (Wildman–Crippen LogP) is 2.52. The lowest BCUT2D eigenvalue weighted by molar-refractivity contribution is -0.126. The van der Waals surface area contributed by atoms with Gasteiger partial charge >= 0.3 is 0 Å². The number of aryl methyl sites for hydroxylation is 1. The van der Waals surface area contributed by atoms with Crippen LogP contribution < -0.4 is 10.2 Å². The molecule has 0 bridgehead atoms. The third-order valence-corrected chi connectivity index (χ3v) is 5.44. The molecule has 1 fully saturated rings. The highest BCUT2D eigenvalue weighted by Crippen LogP contribution is 2.28. The number of aromatic nitrogens is 3. The minimum Gasteiger partial charge on any atom is -0.342 e. The highest BCUT2D eigenvalue weighted by molar-refractivity contribution is 6.00. The highest BCUT2D eigenvalue weighted by Gasteiger charge is 2.37. The minimum atomic E-state index is -0.586. The van der Waals surface area contributed by atoms with Crippen molar-refractivity contribution in [1.82, 2.24) is 20.1 Å². The zero-order valence-corrected chi connectivity index (χ0v) is 16.7. The van der Waals surface area contributed by atoms with Gasteiger partial charge in [-0.2, -0.15) is 0 Å².